The molecule has 0 aliphatic carbocycles. The number of rotatable bonds is 1. The largest absolute Gasteiger partial charge is 0.247 e. The summed E-state index contributed by atoms with van der Waals surface area (Å²) in [6.45, 7) is 1.29. The topological polar surface area (TPSA) is 0 Å². The normalized spacial score (nSPS) is 8.20. The van der Waals surface area contributed by atoms with Crippen LogP contribution < -0.4 is 0 Å². The molecule has 5 heteroatoms. The predicted octanol–water partition coefficient (Wildman–Crippen LogP) is -0.662. The van der Waals surface area contributed by atoms with Crippen molar-refractivity contribution in [3.8, 4) is 0 Å². The SMILES string of the molecule is [B][B]P([B])[B]. The molecule has 0 heterocycles. The lowest BCUT2D eigenvalue weighted by Crippen LogP contribution is -1.83. The maximum absolute atomic E-state index is 4.95. The standard InChI is InChI=1S/B4P/c1-4-5(2)3. The molecule has 0 aliphatic rings. The van der Waals surface area contributed by atoms with Gasteiger partial charge in [0, 0.05) is 7.74 Å². The van der Waals surface area contributed by atoms with Crippen LogP contribution in [0.15, 0.2) is 0 Å². The van der Waals surface area contributed by atoms with E-state index < -0.39 is 7.56 Å². The van der Waals surface area contributed by atoms with Crippen LogP contribution in [-0.4, -0.2) is 29.8 Å². The van der Waals surface area contributed by atoms with Gasteiger partial charge >= 0.3 is 0 Å². The molecule has 5 heavy (non-hydrogen) atoms. The smallest absolute Gasteiger partial charge is 0.0820 e. The molecule has 0 unspecified atom stereocenters. The average Bonchev–Trinajstić information content (AvgIpc) is 1.38. The number of hydrogen-bond donors (Lipinski definition) is 0. The third-order valence-corrected chi connectivity index (χ3v) is 0.516. The van der Waals surface area contributed by atoms with E-state index >= 15 is 0 Å². The van der Waals surface area contributed by atoms with Gasteiger partial charge in [-0.3, -0.25) is 0 Å². The molecular formula is B4P. The monoisotopic (exact) mass is 75.0 g/mol. The Labute approximate surface area is 38.2 Å². The second kappa shape index (κ2) is 2.90. The van der Waals surface area contributed by atoms with Crippen LogP contribution in [0, 0.1) is 0 Å². The first kappa shape index (κ1) is 5.69. The lowest BCUT2D eigenvalue weighted by atomic mass is 9.79. The van der Waals surface area contributed by atoms with Gasteiger partial charge in [0.1, 0.15) is 0 Å². The van der Waals surface area contributed by atoms with E-state index in [0.717, 1.165) is 0 Å². The molecule has 0 saturated heterocycles. The maximum Gasteiger partial charge on any atom is 0.0820 e. The third kappa shape index (κ3) is 4.69. The van der Waals surface area contributed by atoms with Crippen molar-refractivity contribution in [3.05, 3.63) is 0 Å². The zero-order chi connectivity index (χ0) is 4.28. The molecule has 0 aliphatic heterocycles. The van der Waals surface area contributed by atoms with Gasteiger partial charge in [0.25, 0.3) is 0 Å². The molecule has 0 aromatic carbocycles. The zero-order valence-corrected chi connectivity index (χ0v) is 3.65. The van der Waals surface area contributed by atoms with Crippen LogP contribution in [0.3, 0.4) is 0 Å². The molecule has 7 radical (unpaired) electrons. The highest BCUT2D eigenvalue weighted by Crippen LogP contribution is 2.13. The van der Waals surface area contributed by atoms with E-state index in [1.165, 1.54) is 6.89 Å². The summed E-state index contributed by atoms with van der Waals surface area (Å²) < 4.78 is 0. The molecule has 0 aromatic heterocycles. The molecule has 0 saturated carbocycles. The predicted molar refractivity (Wildman–Crippen MR) is 29.9 cm³/mol. The van der Waals surface area contributed by atoms with Crippen LogP contribution in [0.5, 0.6) is 0 Å². The Morgan fingerprint density at radius 2 is 1.60 bits per heavy atom. The first-order valence-corrected chi connectivity index (χ1v) is 2.66. The Hall–Kier alpha value is 0.690. The van der Waals surface area contributed by atoms with Gasteiger partial charge in [-0.25, -0.2) is 7.56 Å². The van der Waals surface area contributed by atoms with Gasteiger partial charge in [-0.1, -0.05) is 0 Å². The quantitative estimate of drug-likeness (QED) is 0.286. The molecule has 0 spiro atoms. The van der Waals surface area contributed by atoms with E-state index in [4.69, 9.17) is 22.9 Å². The summed E-state index contributed by atoms with van der Waals surface area (Å²) in [5.41, 5.74) is 0. The second-order valence-electron chi connectivity index (χ2n) is 0.596. The van der Waals surface area contributed by atoms with Gasteiger partial charge in [0.05, 0.1) is 22.0 Å². The van der Waals surface area contributed by atoms with Crippen LogP contribution in [0.1, 0.15) is 0 Å². The lowest BCUT2D eigenvalue weighted by molar-refractivity contribution is 4.29. The molecule has 17 valence electrons. The Bertz CT molecular complexity index is 17.6. The second-order valence-corrected chi connectivity index (χ2v) is 1.79. The average molecular weight is 74.2 g/mol. The molecular weight excluding hydrogens is 74.2 g/mol. The zero-order valence-electron chi connectivity index (χ0n) is 2.76. The van der Waals surface area contributed by atoms with Gasteiger partial charge < -0.3 is 0 Å². The maximum atomic E-state index is 4.95. The third-order valence-electron chi connectivity index (χ3n) is 0.172. The van der Waals surface area contributed by atoms with Gasteiger partial charge in [-0.2, -0.15) is 0 Å². The van der Waals surface area contributed by atoms with Crippen molar-refractivity contribution < 1.29 is 0 Å². The van der Waals surface area contributed by atoms with Crippen molar-refractivity contribution in [3.63, 3.8) is 0 Å². The van der Waals surface area contributed by atoms with E-state index in [1.54, 1.807) is 0 Å². The van der Waals surface area contributed by atoms with Crippen molar-refractivity contribution in [2.24, 2.45) is 0 Å². The Kier molecular flexibility index (Phi) is 3.30. The molecule has 0 aromatic rings. The van der Waals surface area contributed by atoms with E-state index in [1.807, 2.05) is 0 Å². The van der Waals surface area contributed by atoms with E-state index in [0.29, 0.717) is 0 Å². The summed E-state index contributed by atoms with van der Waals surface area (Å²) in [6.07, 6.45) is 0. The highest BCUT2D eigenvalue weighted by molar-refractivity contribution is 8.22. The van der Waals surface area contributed by atoms with E-state index in [2.05, 4.69) is 0 Å². The van der Waals surface area contributed by atoms with Gasteiger partial charge in [0.2, 0.25) is 0 Å². The molecule has 0 rings (SSSR count). The van der Waals surface area contributed by atoms with Crippen LogP contribution in [0.4, 0.5) is 0 Å². The van der Waals surface area contributed by atoms with Crippen LogP contribution >= 0.6 is 7.56 Å². The minimum atomic E-state index is -0.945. The summed E-state index contributed by atoms with van der Waals surface area (Å²) in [4.78, 5) is 0. The minimum Gasteiger partial charge on any atom is -0.247 e. The van der Waals surface area contributed by atoms with Gasteiger partial charge in [-0.05, 0) is 0 Å². The van der Waals surface area contributed by atoms with Crippen molar-refractivity contribution in [1.29, 1.82) is 0 Å². The molecule has 0 amide bonds. The fourth-order valence-electron chi connectivity index (χ4n) is 0. The summed E-state index contributed by atoms with van der Waals surface area (Å²) in [7, 11) is 13.8. The van der Waals surface area contributed by atoms with Crippen molar-refractivity contribution in [1.82, 2.24) is 0 Å². The fourth-order valence-corrected chi connectivity index (χ4v) is 0. The van der Waals surface area contributed by atoms with E-state index in [9.17, 15) is 0 Å². The van der Waals surface area contributed by atoms with Crippen molar-refractivity contribution in [2.75, 3.05) is 0 Å². The lowest BCUT2D eigenvalue weighted by Gasteiger charge is -1.92. The van der Waals surface area contributed by atoms with E-state index in [-0.39, 0.29) is 0 Å². The molecule has 0 atom stereocenters. The highest BCUT2D eigenvalue weighted by Gasteiger charge is 1.79. The first-order chi connectivity index (χ1) is 2.27. The van der Waals surface area contributed by atoms with Crippen molar-refractivity contribution in [2.45, 2.75) is 0 Å². The van der Waals surface area contributed by atoms with Gasteiger partial charge in [-0.15, -0.1) is 0 Å². The van der Waals surface area contributed by atoms with Crippen molar-refractivity contribution >= 4 is 37.3 Å². The highest BCUT2D eigenvalue weighted by atomic mass is 31.1. The Morgan fingerprint density at radius 1 is 1.40 bits per heavy atom. The fraction of sp³-hybridized carbons (Fsp3) is 0. The van der Waals surface area contributed by atoms with Crippen LogP contribution in [0.25, 0.3) is 0 Å². The molecule has 0 nitrogen and oxygen atoms in total. The molecule has 0 fully saturated rings. The van der Waals surface area contributed by atoms with Crippen LogP contribution in [0.2, 0.25) is 0 Å². The summed E-state index contributed by atoms with van der Waals surface area (Å²) in [5.74, 6) is 0. The summed E-state index contributed by atoms with van der Waals surface area (Å²) in [6, 6.07) is 0. The number of hydrogen-bond acceptors (Lipinski definition) is 0. The summed E-state index contributed by atoms with van der Waals surface area (Å²) in [5, 5.41) is 0. The summed E-state index contributed by atoms with van der Waals surface area (Å²) >= 11 is 0. The Balaban J connectivity index is 2.54. The van der Waals surface area contributed by atoms with Gasteiger partial charge in [0.15, 0.2) is 0 Å². The molecule has 0 N–H and O–H groups in total. The minimum absolute atomic E-state index is 0.945. The first-order valence-electron chi connectivity index (χ1n) is 1.11. The van der Waals surface area contributed by atoms with Crippen LogP contribution in [-0.2, 0) is 0 Å². The Morgan fingerprint density at radius 3 is 1.60 bits per heavy atom. The molecule has 0 bridgehead atoms.